The van der Waals surface area contributed by atoms with E-state index in [0.717, 1.165) is 25.0 Å². The fraction of sp³-hybridized carbons (Fsp3) is 0.800. The molecule has 0 amide bonds. The molecule has 5 heteroatoms. The zero-order chi connectivity index (χ0) is 11.5. The highest BCUT2D eigenvalue weighted by molar-refractivity contribution is 7.88. The average molecular weight is 232 g/mol. The molecule has 0 radical (unpaired) electrons. The van der Waals surface area contributed by atoms with E-state index in [2.05, 4.69) is 11.9 Å². The Morgan fingerprint density at radius 3 is 2.40 bits per heavy atom. The van der Waals surface area contributed by atoms with Crippen LogP contribution in [0.4, 0.5) is 0 Å². The SMILES string of the molecule is C=C(C)CNC1CCN(S(C)(=O)=O)CC1. The second-order valence-corrected chi connectivity index (χ2v) is 6.26. The molecule has 15 heavy (non-hydrogen) atoms. The number of piperidine rings is 1. The lowest BCUT2D eigenvalue weighted by atomic mass is 10.1. The van der Waals surface area contributed by atoms with Gasteiger partial charge in [-0.3, -0.25) is 0 Å². The van der Waals surface area contributed by atoms with Crippen LogP contribution in [-0.2, 0) is 10.0 Å². The zero-order valence-electron chi connectivity index (χ0n) is 9.49. The number of hydrogen-bond donors (Lipinski definition) is 1. The number of nitrogens with zero attached hydrogens (tertiary/aromatic N) is 1. The van der Waals surface area contributed by atoms with E-state index in [9.17, 15) is 8.42 Å². The van der Waals surface area contributed by atoms with Crippen LogP contribution in [0.5, 0.6) is 0 Å². The largest absolute Gasteiger partial charge is 0.310 e. The van der Waals surface area contributed by atoms with E-state index in [1.165, 1.54) is 6.26 Å². The molecule has 1 saturated heterocycles. The summed E-state index contributed by atoms with van der Waals surface area (Å²) < 4.78 is 24.0. The Hall–Kier alpha value is -0.390. The molecular formula is C10H20N2O2S. The van der Waals surface area contributed by atoms with Gasteiger partial charge in [0, 0.05) is 25.7 Å². The first-order chi connectivity index (χ1) is 6.89. The Balaban J connectivity index is 2.33. The smallest absolute Gasteiger partial charge is 0.211 e. The van der Waals surface area contributed by atoms with Crippen molar-refractivity contribution in [3.8, 4) is 0 Å². The molecule has 1 fully saturated rings. The van der Waals surface area contributed by atoms with Gasteiger partial charge in [-0.15, -0.1) is 0 Å². The third-order valence-corrected chi connectivity index (χ3v) is 3.92. The van der Waals surface area contributed by atoms with Crippen molar-refractivity contribution in [1.82, 2.24) is 9.62 Å². The number of rotatable bonds is 4. The van der Waals surface area contributed by atoms with Gasteiger partial charge in [-0.25, -0.2) is 12.7 Å². The van der Waals surface area contributed by atoms with Gasteiger partial charge in [0.1, 0.15) is 0 Å². The van der Waals surface area contributed by atoms with E-state index in [1.54, 1.807) is 4.31 Å². The summed E-state index contributed by atoms with van der Waals surface area (Å²) in [7, 11) is -2.99. The highest BCUT2D eigenvalue weighted by atomic mass is 32.2. The van der Waals surface area contributed by atoms with Crippen LogP contribution in [0.25, 0.3) is 0 Å². The lowest BCUT2D eigenvalue weighted by Gasteiger charge is -2.30. The summed E-state index contributed by atoms with van der Waals surface area (Å²) in [5.41, 5.74) is 1.11. The highest BCUT2D eigenvalue weighted by Crippen LogP contribution is 2.13. The summed E-state index contributed by atoms with van der Waals surface area (Å²) in [4.78, 5) is 0. The summed E-state index contributed by atoms with van der Waals surface area (Å²) >= 11 is 0. The molecule has 0 saturated carbocycles. The lowest BCUT2D eigenvalue weighted by Crippen LogP contribution is -2.44. The quantitative estimate of drug-likeness (QED) is 0.721. The van der Waals surface area contributed by atoms with Gasteiger partial charge in [0.05, 0.1) is 6.26 Å². The number of sulfonamides is 1. The van der Waals surface area contributed by atoms with Crippen molar-refractivity contribution in [2.24, 2.45) is 0 Å². The van der Waals surface area contributed by atoms with Crippen LogP contribution >= 0.6 is 0 Å². The van der Waals surface area contributed by atoms with Gasteiger partial charge in [0.25, 0.3) is 0 Å². The standard InChI is InChI=1S/C10H20N2O2S/c1-9(2)8-11-10-4-6-12(7-5-10)15(3,13)14/h10-11H,1,4-8H2,2-3H3. The zero-order valence-corrected chi connectivity index (χ0v) is 10.3. The van der Waals surface area contributed by atoms with Gasteiger partial charge in [0.15, 0.2) is 0 Å². The number of nitrogens with one attached hydrogen (secondary N) is 1. The molecule has 0 spiro atoms. The van der Waals surface area contributed by atoms with E-state index in [0.29, 0.717) is 19.1 Å². The molecule has 4 nitrogen and oxygen atoms in total. The van der Waals surface area contributed by atoms with Crippen molar-refractivity contribution < 1.29 is 8.42 Å². The van der Waals surface area contributed by atoms with Crippen LogP contribution in [0.1, 0.15) is 19.8 Å². The molecule has 0 aliphatic carbocycles. The van der Waals surface area contributed by atoms with E-state index in [-0.39, 0.29) is 0 Å². The summed E-state index contributed by atoms with van der Waals surface area (Å²) in [5.74, 6) is 0. The maximum absolute atomic E-state index is 11.3. The predicted octanol–water partition coefficient (Wildman–Crippen LogP) is 0.576. The van der Waals surface area contributed by atoms with E-state index in [4.69, 9.17) is 0 Å². The minimum absolute atomic E-state index is 0.430. The van der Waals surface area contributed by atoms with Crippen LogP contribution in [0.2, 0.25) is 0 Å². The fourth-order valence-electron chi connectivity index (χ4n) is 1.71. The van der Waals surface area contributed by atoms with Crippen molar-refractivity contribution in [1.29, 1.82) is 0 Å². The van der Waals surface area contributed by atoms with Gasteiger partial charge < -0.3 is 5.32 Å². The third kappa shape index (κ3) is 4.32. The van der Waals surface area contributed by atoms with Gasteiger partial charge in [0.2, 0.25) is 10.0 Å². The second-order valence-electron chi connectivity index (χ2n) is 4.27. The van der Waals surface area contributed by atoms with Crippen molar-refractivity contribution in [3.05, 3.63) is 12.2 Å². The summed E-state index contributed by atoms with van der Waals surface area (Å²) in [6.07, 6.45) is 3.05. The molecule has 0 aromatic carbocycles. The Morgan fingerprint density at radius 2 is 2.00 bits per heavy atom. The Labute approximate surface area is 92.4 Å². The molecule has 1 heterocycles. The first kappa shape index (κ1) is 12.7. The topological polar surface area (TPSA) is 49.4 Å². The van der Waals surface area contributed by atoms with Gasteiger partial charge in [-0.1, -0.05) is 12.2 Å². The van der Waals surface area contributed by atoms with Gasteiger partial charge >= 0.3 is 0 Å². The average Bonchev–Trinajstić information content (AvgIpc) is 2.14. The first-order valence-corrected chi connectivity index (χ1v) is 7.07. The first-order valence-electron chi connectivity index (χ1n) is 5.22. The van der Waals surface area contributed by atoms with Crippen molar-refractivity contribution >= 4 is 10.0 Å². The minimum Gasteiger partial charge on any atom is -0.310 e. The summed E-state index contributed by atoms with van der Waals surface area (Å²) in [5, 5.41) is 3.37. The van der Waals surface area contributed by atoms with E-state index >= 15 is 0 Å². The maximum atomic E-state index is 11.3. The number of hydrogen-bond acceptors (Lipinski definition) is 3. The van der Waals surface area contributed by atoms with Crippen molar-refractivity contribution in [3.63, 3.8) is 0 Å². The Morgan fingerprint density at radius 1 is 1.47 bits per heavy atom. The van der Waals surface area contributed by atoms with Crippen LogP contribution < -0.4 is 5.32 Å². The molecule has 0 aromatic rings. The Kier molecular flexibility index (Phi) is 4.31. The van der Waals surface area contributed by atoms with Crippen LogP contribution in [0, 0.1) is 0 Å². The molecule has 0 unspecified atom stereocenters. The highest BCUT2D eigenvalue weighted by Gasteiger charge is 2.24. The van der Waals surface area contributed by atoms with Crippen LogP contribution in [-0.4, -0.2) is 44.7 Å². The molecule has 1 rings (SSSR count). The molecule has 0 aromatic heterocycles. The Bertz CT molecular complexity index is 316. The molecule has 1 aliphatic heterocycles. The lowest BCUT2D eigenvalue weighted by molar-refractivity contribution is 0.295. The molecule has 1 N–H and O–H groups in total. The molecule has 88 valence electrons. The maximum Gasteiger partial charge on any atom is 0.211 e. The van der Waals surface area contributed by atoms with Crippen molar-refractivity contribution in [2.75, 3.05) is 25.9 Å². The van der Waals surface area contributed by atoms with Crippen LogP contribution in [0.15, 0.2) is 12.2 Å². The van der Waals surface area contributed by atoms with Gasteiger partial charge in [-0.05, 0) is 19.8 Å². The minimum atomic E-state index is -2.99. The molecule has 1 aliphatic rings. The third-order valence-electron chi connectivity index (χ3n) is 2.62. The second kappa shape index (κ2) is 5.09. The normalized spacial score (nSPS) is 20.4. The van der Waals surface area contributed by atoms with Crippen molar-refractivity contribution in [2.45, 2.75) is 25.8 Å². The molecule has 0 bridgehead atoms. The predicted molar refractivity (Wildman–Crippen MR) is 62.3 cm³/mol. The van der Waals surface area contributed by atoms with Gasteiger partial charge in [-0.2, -0.15) is 0 Å². The fourth-order valence-corrected chi connectivity index (χ4v) is 2.58. The van der Waals surface area contributed by atoms with E-state index in [1.807, 2.05) is 6.92 Å². The van der Waals surface area contributed by atoms with Crippen LogP contribution in [0.3, 0.4) is 0 Å². The molecule has 0 atom stereocenters. The monoisotopic (exact) mass is 232 g/mol. The van der Waals surface area contributed by atoms with E-state index < -0.39 is 10.0 Å². The summed E-state index contributed by atoms with van der Waals surface area (Å²) in [6, 6.07) is 0.430. The summed E-state index contributed by atoms with van der Waals surface area (Å²) in [6.45, 7) is 7.90. The molecular weight excluding hydrogens is 212 g/mol.